The van der Waals surface area contributed by atoms with Gasteiger partial charge in [-0.05, 0) is 26.0 Å². The third-order valence-electron chi connectivity index (χ3n) is 5.55. The Kier molecular flexibility index (Phi) is 9.01. The predicted octanol–water partition coefficient (Wildman–Crippen LogP) is 0.801. The van der Waals surface area contributed by atoms with Crippen LogP contribution in [0.25, 0.3) is 0 Å². The summed E-state index contributed by atoms with van der Waals surface area (Å²) in [5, 5.41) is 8.81. The van der Waals surface area contributed by atoms with Crippen LogP contribution < -0.4 is 22.5 Å². The van der Waals surface area contributed by atoms with E-state index in [9.17, 15) is 19.2 Å². The Labute approximate surface area is 216 Å². The number of rotatable bonds is 11. The molecular formula is C23H26N5O9P. The van der Waals surface area contributed by atoms with Crippen molar-refractivity contribution in [3.05, 3.63) is 89.5 Å². The Bertz CT molecular complexity index is 1380. The molecule has 0 aliphatic carbocycles. The lowest BCUT2D eigenvalue weighted by molar-refractivity contribution is -0.0209. The van der Waals surface area contributed by atoms with E-state index in [-0.39, 0.29) is 26.2 Å². The first-order valence-corrected chi connectivity index (χ1v) is 12.7. The molecule has 4 atom stereocenters. The molecule has 2 aliphatic heterocycles. The Morgan fingerprint density at radius 2 is 1.32 bits per heavy atom. The lowest BCUT2D eigenvalue weighted by Gasteiger charge is -2.21. The number of nitrogens with one attached hydrogen (secondary N) is 2. The molecule has 14 nitrogen and oxygen atoms in total. The molecule has 0 radical (unpaired) electrons. The second-order valence-electron chi connectivity index (χ2n) is 8.41. The van der Waals surface area contributed by atoms with E-state index in [2.05, 4.69) is 9.97 Å². The van der Waals surface area contributed by atoms with Gasteiger partial charge in [0, 0.05) is 23.5 Å². The first-order valence-electron chi connectivity index (χ1n) is 11.6. The Hall–Kier alpha value is -3.44. The van der Waals surface area contributed by atoms with Crippen LogP contribution >= 0.6 is 8.60 Å². The van der Waals surface area contributed by atoms with E-state index in [1.807, 2.05) is 6.07 Å². The van der Waals surface area contributed by atoms with Gasteiger partial charge in [0.25, 0.3) is 11.1 Å². The fourth-order valence-corrected chi connectivity index (χ4v) is 4.58. The lowest BCUT2D eigenvalue weighted by atomic mass is 10.3. The highest BCUT2D eigenvalue weighted by atomic mass is 31.2. The van der Waals surface area contributed by atoms with Crippen molar-refractivity contribution in [3.8, 4) is 6.07 Å². The number of hydrogen-bond acceptors (Lipinski definition) is 10. The van der Waals surface area contributed by atoms with Crippen molar-refractivity contribution in [1.29, 1.82) is 5.26 Å². The van der Waals surface area contributed by atoms with Crippen molar-refractivity contribution >= 4 is 8.60 Å². The summed E-state index contributed by atoms with van der Waals surface area (Å²) >= 11 is 0. The molecule has 15 heteroatoms. The second kappa shape index (κ2) is 12.4. The second-order valence-corrected chi connectivity index (χ2v) is 9.64. The van der Waals surface area contributed by atoms with Crippen LogP contribution in [0.2, 0.25) is 0 Å². The van der Waals surface area contributed by atoms with Gasteiger partial charge in [-0.25, -0.2) is 9.59 Å². The number of aromatic nitrogens is 4. The SMILES string of the molecule is Cc1cn([C@H]2C=C[C@@H](COP(OCCC#N)OC[C@@H]3C=C[C@H](n4cc(C)c(=O)[nH]c4=O)O3)O2)c(=O)[nH]c1=O. The maximum Gasteiger partial charge on any atom is 0.332 e. The topological polar surface area (TPSA) is 180 Å². The van der Waals surface area contributed by atoms with E-state index in [1.54, 1.807) is 38.2 Å². The Balaban J connectivity index is 1.30. The third kappa shape index (κ3) is 6.70. The molecule has 2 N–H and O–H groups in total. The van der Waals surface area contributed by atoms with Gasteiger partial charge in [-0.1, -0.05) is 12.2 Å². The number of hydrogen-bond donors (Lipinski definition) is 2. The van der Waals surface area contributed by atoms with Crippen LogP contribution in [0.3, 0.4) is 0 Å². The van der Waals surface area contributed by atoms with Crippen molar-refractivity contribution in [1.82, 2.24) is 19.1 Å². The van der Waals surface area contributed by atoms with Crippen molar-refractivity contribution in [3.63, 3.8) is 0 Å². The van der Waals surface area contributed by atoms with Gasteiger partial charge in [0.1, 0.15) is 12.2 Å². The Morgan fingerprint density at radius 3 is 1.76 bits per heavy atom. The molecule has 0 spiro atoms. The minimum absolute atomic E-state index is 0.0401. The molecule has 2 aliphatic rings. The van der Waals surface area contributed by atoms with Crippen molar-refractivity contribution in [2.75, 3.05) is 19.8 Å². The van der Waals surface area contributed by atoms with Gasteiger partial charge in [0.15, 0.2) is 12.5 Å². The number of aryl methyl sites for hydroxylation is 2. The van der Waals surface area contributed by atoms with Gasteiger partial charge in [0.05, 0.1) is 32.3 Å². The number of nitriles is 1. The largest absolute Gasteiger partial charge is 0.344 e. The fraction of sp³-hybridized carbons (Fsp3) is 0.435. The molecule has 0 fully saturated rings. The molecule has 202 valence electrons. The third-order valence-corrected chi connectivity index (χ3v) is 6.66. The van der Waals surface area contributed by atoms with E-state index in [1.165, 1.54) is 21.5 Å². The number of nitrogens with zero attached hydrogens (tertiary/aromatic N) is 3. The highest BCUT2D eigenvalue weighted by Crippen LogP contribution is 2.41. The van der Waals surface area contributed by atoms with E-state index in [0.717, 1.165) is 0 Å². The summed E-state index contributed by atoms with van der Waals surface area (Å²) in [6, 6.07) is 1.98. The quantitative estimate of drug-likeness (QED) is 0.232. The summed E-state index contributed by atoms with van der Waals surface area (Å²) in [7, 11) is -1.88. The van der Waals surface area contributed by atoms with Crippen LogP contribution in [0.4, 0.5) is 0 Å². The highest BCUT2D eigenvalue weighted by Gasteiger charge is 2.27. The van der Waals surface area contributed by atoms with Crippen molar-refractivity contribution in [2.24, 2.45) is 0 Å². The number of aromatic amines is 2. The standard InChI is InChI=1S/C23H26N5O9P/c1-14-10-27(22(31)25-20(14)29)18-6-4-16(36-18)12-34-38(33-9-3-8-24)35-13-17-5-7-19(37-17)28-11-15(2)21(30)26-23(28)32/h4-7,10-11,16-19H,3,9,12-13H2,1-2H3,(H,25,29,31)(H,26,30,32)/t16-,17-,18+,19+/m0/s1. The Morgan fingerprint density at radius 1 is 0.842 bits per heavy atom. The van der Waals surface area contributed by atoms with Crippen molar-refractivity contribution in [2.45, 2.75) is 44.9 Å². The zero-order chi connectivity index (χ0) is 27.2. The van der Waals surface area contributed by atoms with Crippen LogP contribution in [0.5, 0.6) is 0 Å². The minimum Gasteiger partial charge on any atom is -0.344 e. The summed E-state index contributed by atoms with van der Waals surface area (Å²) in [6.45, 7) is 3.34. The number of H-pyrrole nitrogens is 2. The molecule has 0 saturated heterocycles. The normalized spacial score (nSPS) is 22.4. The first-order chi connectivity index (χ1) is 18.2. The fourth-order valence-electron chi connectivity index (χ4n) is 3.58. The average molecular weight is 547 g/mol. The first kappa shape index (κ1) is 27.6. The van der Waals surface area contributed by atoms with Crippen LogP contribution in [-0.4, -0.2) is 51.1 Å². The van der Waals surface area contributed by atoms with Crippen LogP contribution in [0.15, 0.2) is 55.9 Å². The lowest BCUT2D eigenvalue weighted by Crippen LogP contribution is -2.33. The summed E-state index contributed by atoms with van der Waals surface area (Å²) < 4.78 is 31.3. The van der Waals surface area contributed by atoms with Crippen LogP contribution in [0.1, 0.15) is 30.0 Å². The molecule has 4 rings (SSSR count). The van der Waals surface area contributed by atoms with Crippen molar-refractivity contribution < 1.29 is 23.0 Å². The molecule has 0 aromatic carbocycles. The highest BCUT2D eigenvalue weighted by molar-refractivity contribution is 7.41. The van der Waals surface area contributed by atoms with E-state index < -0.39 is 55.8 Å². The maximum absolute atomic E-state index is 12.1. The predicted molar refractivity (Wildman–Crippen MR) is 133 cm³/mol. The molecule has 2 aromatic heterocycles. The molecule has 4 heterocycles. The summed E-state index contributed by atoms with van der Waals surface area (Å²) in [5.41, 5.74) is -1.36. The monoisotopic (exact) mass is 547 g/mol. The van der Waals surface area contributed by atoms with E-state index >= 15 is 0 Å². The molecular weight excluding hydrogens is 521 g/mol. The van der Waals surface area contributed by atoms with Gasteiger partial charge in [0.2, 0.25) is 0 Å². The van der Waals surface area contributed by atoms with Gasteiger partial charge in [-0.2, -0.15) is 5.26 Å². The maximum atomic E-state index is 12.1. The van der Waals surface area contributed by atoms with Gasteiger partial charge in [-0.3, -0.25) is 28.7 Å². The van der Waals surface area contributed by atoms with E-state index in [4.69, 9.17) is 28.3 Å². The van der Waals surface area contributed by atoms with Crippen LogP contribution in [0, 0.1) is 25.2 Å². The molecule has 2 aromatic rings. The van der Waals surface area contributed by atoms with E-state index in [0.29, 0.717) is 11.1 Å². The molecule has 0 bridgehead atoms. The zero-order valence-corrected chi connectivity index (χ0v) is 21.5. The molecule has 0 saturated carbocycles. The smallest absolute Gasteiger partial charge is 0.332 e. The molecule has 38 heavy (non-hydrogen) atoms. The molecule has 0 amide bonds. The zero-order valence-electron chi connectivity index (χ0n) is 20.6. The molecule has 0 unspecified atom stereocenters. The summed E-state index contributed by atoms with van der Waals surface area (Å²) in [4.78, 5) is 51.9. The van der Waals surface area contributed by atoms with Gasteiger partial charge >= 0.3 is 20.0 Å². The van der Waals surface area contributed by atoms with Gasteiger partial charge in [-0.15, -0.1) is 0 Å². The number of ether oxygens (including phenoxy) is 2. The van der Waals surface area contributed by atoms with Crippen LogP contribution in [-0.2, 0) is 23.0 Å². The average Bonchev–Trinajstić information content (AvgIpc) is 3.55. The van der Waals surface area contributed by atoms with Gasteiger partial charge < -0.3 is 23.0 Å². The summed E-state index contributed by atoms with van der Waals surface area (Å²) in [6.07, 6.45) is 7.29. The minimum atomic E-state index is -1.88. The summed E-state index contributed by atoms with van der Waals surface area (Å²) in [5.74, 6) is 0.